The molecule has 1 amide bonds. The topological polar surface area (TPSA) is 50.8 Å². The first-order valence-corrected chi connectivity index (χ1v) is 8.43. The Morgan fingerprint density at radius 2 is 2.17 bits per heavy atom. The lowest BCUT2D eigenvalue weighted by atomic mass is 9.98. The molecular weight excluding hydrogens is 292 g/mol. The third kappa shape index (κ3) is 4.10. The summed E-state index contributed by atoms with van der Waals surface area (Å²) in [5.74, 6) is -0.0418. The van der Waals surface area contributed by atoms with E-state index >= 15 is 0 Å². The largest absolute Gasteiger partial charge is 0.378 e. The molecule has 2 fully saturated rings. The highest BCUT2D eigenvalue weighted by molar-refractivity contribution is 5.88. The molecule has 0 saturated carbocycles. The minimum Gasteiger partial charge on any atom is -0.378 e. The second-order valence-electron chi connectivity index (χ2n) is 6.68. The molecule has 2 aliphatic rings. The standard InChI is InChI=1S/C18H26N2O3/c1-3-17-11-20(12-18(23-17)8-9-22-13-18)10-15-4-6-16(7-5-15)19-14(2)21/h4-7,17H,3,8-13H2,1-2H3,(H,19,21). The maximum Gasteiger partial charge on any atom is 0.221 e. The van der Waals surface area contributed by atoms with E-state index in [9.17, 15) is 4.79 Å². The van der Waals surface area contributed by atoms with Crippen molar-refractivity contribution in [3.63, 3.8) is 0 Å². The number of hydrogen-bond acceptors (Lipinski definition) is 4. The summed E-state index contributed by atoms with van der Waals surface area (Å²) in [5.41, 5.74) is 1.98. The number of carbonyl (C=O) groups excluding carboxylic acids is 1. The van der Waals surface area contributed by atoms with Crippen molar-refractivity contribution >= 4 is 11.6 Å². The summed E-state index contributed by atoms with van der Waals surface area (Å²) in [6, 6.07) is 8.09. The van der Waals surface area contributed by atoms with Gasteiger partial charge in [-0.1, -0.05) is 19.1 Å². The molecule has 0 bridgehead atoms. The van der Waals surface area contributed by atoms with Crippen molar-refractivity contribution in [2.45, 2.75) is 44.9 Å². The van der Waals surface area contributed by atoms with Crippen LogP contribution in [-0.4, -0.2) is 48.8 Å². The van der Waals surface area contributed by atoms with Crippen molar-refractivity contribution in [1.29, 1.82) is 0 Å². The number of carbonyl (C=O) groups is 1. The molecule has 1 N–H and O–H groups in total. The molecule has 1 aromatic rings. The van der Waals surface area contributed by atoms with Crippen LogP contribution in [0.1, 0.15) is 32.3 Å². The Morgan fingerprint density at radius 3 is 2.78 bits per heavy atom. The minimum atomic E-state index is -0.116. The highest BCUT2D eigenvalue weighted by atomic mass is 16.6. The van der Waals surface area contributed by atoms with E-state index in [0.717, 1.165) is 44.8 Å². The van der Waals surface area contributed by atoms with E-state index in [1.807, 2.05) is 12.1 Å². The molecule has 2 heterocycles. The average molecular weight is 318 g/mol. The van der Waals surface area contributed by atoms with Crippen LogP contribution in [0.3, 0.4) is 0 Å². The number of benzene rings is 1. The molecular formula is C18H26N2O3. The Balaban J connectivity index is 1.65. The van der Waals surface area contributed by atoms with Gasteiger partial charge in [0.05, 0.1) is 12.7 Å². The smallest absolute Gasteiger partial charge is 0.221 e. The van der Waals surface area contributed by atoms with Gasteiger partial charge in [-0.25, -0.2) is 0 Å². The van der Waals surface area contributed by atoms with E-state index in [1.54, 1.807) is 0 Å². The van der Waals surface area contributed by atoms with Crippen LogP contribution >= 0.6 is 0 Å². The molecule has 2 aliphatic heterocycles. The van der Waals surface area contributed by atoms with Crippen molar-refractivity contribution in [1.82, 2.24) is 4.90 Å². The molecule has 2 unspecified atom stereocenters. The summed E-state index contributed by atoms with van der Waals surface area (Å²) in [7, 11) is 0. The predicted molar refractivity (Wildman–Crippen MR) is 89.4 cm³/mol. The third-order valence-corrected chi connectivity index (χ3v) is 4.59. The highest BCUT2D eigenvalue weighted by Gasteiger charge is 2.43. The average Bonchev–Trinajstić information content (AvgIpc) is 2.95. The van der Waals surface area contributed by atoms with Crippen LogP contribution < -0.4 is 5.32 Å². The first kappa shape index (κ1) is 16.4. The SMILES string of the molecule is CCC1CN(Cc2ccc(NC(C)=O)cc2)CC2(CCOC2)O1. The van der Waals surface area contributed by atoms with Crippen LogP contribution in [0, 0.1) is 0 Å². The number of anilines is 1. The van der Waals surface area contributed by atoms with E-state index in [0.29, 0.717) is 6.61 Å². The second-order valence-corrected chi connectivity index (χ2v) is 6.68. The zero-order valence-electron chi connectivity index (χ0n) is 14.0. The first-order valence-electron chi connectivity index (χ1n) is 8.43. The maximum absolute atomic E-state index is 11.1. The summed E-state index contributed by atoms with van der Waals surface area (Å²) in [6.07, 6.45) is 2.30. The van der Waals surface area contributed by atoms with Gasteiger partial charge in [-0.3, -0.25) is 9.69 Å². The lowest BCUT2D eigenvalue weighted by molar-refractivity contribution is -0.156. The van der Waals surface area contributed by atoms with Crippen molar-refractivity contribution < 1.29 is 14.3 Å². The minimum absolute atomic E-state index is 0.0418. The van der Waals surface area contributed by atoms with Gasteiger partial charge >= 0.3 is 0 Å². The van der Waals surface area contributed by atoms with Crippen molar-refractivity contribution in [3.05, 3.63) is 29.8 Å². The number of nitrogens with one attached hydrogen (secondary N) is 1. The quantitative estimate of drug-likeness (QED) is 0.926. The zero-order valence-corrected chi connectivity index (χ0v) is 14.0. The van der Waals surface area contributed by atoms with Crippen LogP contribution in [0.25, 0.3) is 0 Å². The summed E-state index contributed by atoms with van der Waals surface area (Å²) >= 11 is 0. The van der Waals surface area contributed by atoms with Gasteiger partial charge < -0.3 is 14.8 Å². The van der Waals surface area contributed by atoms with Gasteiger partial charge in [0.1, 0.15) is 5.60 Å². The van der Waals surface area contributed by atoms with Gasteiger partial charge in [-0.2, -0.15) is 0 Å². The number of morpholine rings is 1. The van der Waals surface area contributed by atoms with Crippen LogP contribution in [-0.2, 0) is 20.8 Å². The summed E-state index contributed by atoms with van der Waals surface area (Å²) in [5, 5.41) is 2.80. The van der Waals surface area contributed by atoms with Gasteiger partial charge in [0.25, 0.3) is 0 Å². The fraction of sp³-hybridized carbons (Fsp3) is 0.611. The fourth-order valence-corrected chi connectivity index (χ4v) is 3.48. The van der Waals surface area contributed by atoms with E-state index < -0.39 is 0 Å². The summed E-state index contributed by atoms with van der Waals surface area (Å²) in [4.78, 5) is 13.6. The first-order chi connectivity index (χ1) is 11.1. The summed E-state index contributed by atoms with van der Waals surface area (Å²) in [6.45, 7) is 8.01. The van der Waals surface area contributed by atoms with Crippen LogP contribution in [0.15, 0.2) is 24.3 Å². The van der Waals surface area contributed by atoms with E-state index in [-0.39, 0.29) is 17.6 Å². The molecule has 1 aromatic carbocycles. The van der Waals surface area contributed by atoms with E-state index in [2.05, 4.69) is 29.3 Å². The van der Waals surface area contributed by atoms with E-state index in [4.69, 9.17) is 9.47 Å². The molecule has 3 rings (SSSR count). The van der Waals surface area contributed by atoms with Crippen molar-refractivity contribution in [2.75, 3.05) is 31.6 Å². The van der Waals surface area contributed by atoms with Crippen LogP contribution in [0.2, 0.25) is 0 Å². The van der Waals surface area contributed by atoms with Crippen LogP contribution in [0.5, 0.6) is 0 Å². The maximum atomic E-state index is 11.1. The molecule has 23 heavy (non-hydrogen) atoms. The molecule has 5 nitrogen and oxygen atoms in total. The van der Waals surface area contributed by atoms with Gasteiger partial charge in [0, 0.05) is 45.3 Å². The van der Waals surface area contributed by atoms with Crippen molar-refractivity contribution in [2.24, 2.45) is 0 Å². The van der Waals surface area contributed by atoms with Crippen molar-refractivity contribution in [3.8, 4) is 0 Å². The Kier molecular flexibility index (Phi) is 4.99. The zero-order chi connectivity index (χ0) is 16.3. The number of hydrogen-bond donors (Lipinski definition) is 1. The normalized spacial score (nSPS) is 28.2. The fourth-order valence-electron chi connectivity index (χ4n) is 3.48. The Labute approximate surface area is 137 Å². The van der Waals surface area contributed by atoms with Gasteiger partial charge in [0.2, 0.25) is 5.91 Å². The molecule has 0 aliphatic carbocycles. The number of nitrogens with zero attached hydrogens (tertiary/aromatic N) is 1. The molecule has 2 atom stereocenters. The molecule has 5 heteroatoms. The monoisotopic (exact) mass is 318 g/mol. The Morgan fingerprint density at radius 1 is 1.39 bits per heavy atom. The third-order valence-electron chi connectivity index (χ3n) is 4.59. The lowest BCUT2D eigenvalue weighted by Crippen LogP contribution is -2.55. The van der Waals surface area contributed by atoms with Crippen LogP contribution in [0.4, 0.5) is 5.69 Å². The molecule has 126 valence electrons. The second kappa shape index (κ2) is 6.99. The molecule has 1 spiro atoms. The Hall–Kier alpha value is -1.43. The predicted octanol–water partition coefficient (Wildman–Crippen LogP) is 2.41. The molecule has 2 saturated heterocycles. The molecule has 0 radical (unpaired) electrons. The summed E-state index contributed by atoms with van der Waals surface area (Å²) < 4.78 is 11.9. The van der Waals surface area contributed by atoms with Gasteiger partial charge in [0.15, 0.2) is 0 Å². The number of rotatable bonds is 4. The lowest BCUT2D eigenvalue weighted by Gasteiger charge is -2.43. The van der Waals surface area contributed by atoms with Gasteiger partial charge in [-0.05, 0) is 24.1 Å². The number of amides is 1. The van der Waals surface area contributed by atoms with E-state index in [1.165, 1.54) is 12.5 Å². The molecule has 0 aromatic heterocycles. The highest BCUT2D eigenvalue weighted by Crippen LogP contribution is 2.31. The number of ether oxygens (including phenoxy) is 2. The Bertz CT molecular complexity index is 538. The van der Waals surface area contributed by atoms with Gasteiger partial charge in [-0.15, -0.1) is 0 Å².